The van der Waals surface area contributed by atoms with E-state index in [1.807, 2.05) is 54.6 Å². The van der Waals surface area contributed by atoms with E-state index in [4.69, 9.17) is 0 Å². The summed E-state index contributed by atoms with van der Waals surface area (Å²) in [6.45, 7) is 0. The second kappa shape index (κ2) is 5.13. The highest BCUT2D eigenvalue weighted by molar-refractivity contribution is 5.73. The number of amides is 1. The highest BCUT2D eigenvalue weighted by Crippen LogP contribution is 2.20. The van der Waals surface area contributed by atoms with Crippen LogP contribution in [0.1, 0.15) is 11.7 Å². The van der Waals surface area contributed by atoms with Gasteiger partial charge in [-0.3, -0.25) is 4.79 Å². The van der Waals surface area contributed by atoms with Crippen molar-refractivity contribution in [3.63, 3.8) is 0 Å². The van der Waals surface area contributed by atoms with Crippen LogP contribution in [0.25, 0.3) is 11.0 Å². The molecule has 0 radical (unpaired) electrons. The van der Waals surface area contributed by atoms with Gasteiger partial charge in [-0.05, 0) is 17.7 Å². The third-order valence-electron chi connectivity index (χ3n) is 3.17. The molecule has 5 nitrogen and oxygen atoms in total. The van der Waals surface area contributed by atoms with Crippen LogP contribution in [0.2, 0.25) is 0 Å². The summed E-state index contributed by atoms with van der Waals surface area (Å²) < 4.78 is 0. The Morgan fingerprint density at radius 2 is 1.55 bits per heavy atom. The molecule has 3 aromatic rings. The SMILES string of the molecule is CN(C=O)C(c1ccccc1)n1nc2ccccc2n1. The summed E-state index contributed by atoms with van der Waals surface area (Å²) >= 11 is 0. The van der Waals surface area contributed by atoms with Gasteiger partial charge < -0.3 is 4.90 Å². The number of nitrogens with zero attached hydrogens (tertiary/aromatic N) is 4. The summed E-state index contributed by atoms with van der Waals surface area (Å²) in [5.74, 6) is 0. The maximum absolute atomic E-state index is 11.2. The van der Waals surface area contributed by atoms with Gasteiger partial charge in [0.15, 0.2) is 6.17 Å². The van der Waals surface area contributed by atoms with Gasteiger partial charge in [0.2, 0.25) is 6.41 Å². The molecular weight excluding hydrogens is 252 g/mol. The maximum atomic E-state index is 11.2. The number of carbonyl (C=O) groups is 1. The zero-order chi connectivity index (χ0) is 13.9. The maximum Gasteiger partial charge on any atom is 0.211 e. The van der Waals surface area contributed by atoms with Crippen LogP contribution in [0.5, 0.6) is 0 Å². The molecule has 1 heterocycles. The van der Waals surface area contributed by atoms with Gasteiger partial charge >= 0.3 is 0 Å². The molecule has 2 aromatic carbocycles. The quantitative estimate of drug-likeness (QED) is 0.679. The Balaban J connectivity index is 2.11. The van der Waals surface area contributed by atoms with Gasteiger partial charge in [-0.15, -0.1) is 0 Å². The smallest absolute Gasteiger partial charge is 0.211 e. The third-order valence-corrected chi connectivity index (χ3v) is 3.17. The monoisotopic (exact) mass is 266 g/mol. The summed E-state index contributed by atoms with van der Waals surface area (Å²) in [6.07, 6.45) is 0.437. The molecule has 20 heavy (non-hydrogen) atoms. The Labute approximate surface area is 116 Å². The fourth-order valence-corrected chi connectivity index (χ4v) is 2.20. The average molecular weight is 266 g/mol. The summed E-state index contributed by atoms with van der Waals surface area (Å²) in [5, 5.41) is 8.93. The van der Waals surface area contributed by atoms with E-state index in [0.717, 1.165) is 23.0 Å². The Morgan fingerprint density at radius 3 is 2.10 bits per heavy atom. The van der Waals surface area contributed by atoms with Gasteiger partial charge in [0.1, 0.15) is 11.0 Å². The fraction of sp³-hybridized carbons (Fsp3) is 0.133. The number of fused-ring (bicyclic) bond motifs is 1. The minimum Gasteiger partial charge on any atom is -0.321 e. The minimum atomic E-state index is -0.346. The molecule has 1 amide bonds. The van der Waals surface area contributed by atoms with Gasteiger partial charge in [0.25, 0.3) is 0 Å². The molecule has 100 valence electrons. The van der Waals surface area contributed by atoms with Crippen LogP contribution in [0.3, 0.4) is 0 Å². The summed E-state index contributed by atoms with van der Waals surface area (Å²) in [5.41, 5.74) is 2.59. The first-order chi connectivity index (χ1) is 9.79. The van der Waals surface area contributed by atoms with E-state index < -0.39 is 0 Å². The lowest BCUT2D eigenvalue weighted by atomic mass is 10.1. The van der Waals surface area contributed by atoms with Crippen molar-refractivity contribution in [2.45, 2.75) is 6.17 Å². The second-order valence-electron chi connectivity index (χ2n) is 4.56. The lowest BCUT2D eigenvalue weighted by molar-refractivity contribution is -0.119. The average Bonchev–Trinajstić information content (AvgIpc) is 2.91. The normalized spacial score (nSPS) is 12.2. The van der Waals surface area contributed by atoms with Gasteiger partial charge in [0, 0.05) is 7.05 Å². The molecular formula is C15H14N4O. The van der Waals surface area contributed by atoms with Crippen LogP contribution < -0.4 is 0 Å². The molecule has 1 unspecified atom stereocenters. The molecule has 0 saturated carbocycles. The van der Waals surface area contributed by atoms with Crippen LogP contribution in [0.15, 0.2) is 54.6 Å². The standard InChI is InChI=1S/C15H14N4O/c1-18(11-20)15(12-7-3-2-4-8-12)19-16-13-9-5-6-10-14(13)17-19/h2-11,15H,1H3. The first-order valence-corrected chi connectivity index (χ1v) is 6.33. The van der Waals surface area contributed by atoms with Gasteiger partial charge in [-0.1, -0.05) is 42.5 Å². The zero-order valence-electron chi connectivity index (χ0n) is 11.0. The molecule has 0 N–H and O–H groups in total. The van der Waals surface area contributed by atoms with Crippen molar-refractivity contribution in [1.29, 1.82) is 0 Å². The largest absolute Gasteiger partial charge is 0.321 e. The van der Waals surface area contributed by atoms with E-state index in [1.54, 1.807) is 16.7 Å². The Morgan fingerprint density at radius 1 is 1.00 bits per heavy atom. The highest BCUT2D eigenvalue weighted by Gasteiger charge is 2.20. The van der Waals surface area contributed by atoms with Crippen LogP contribution in [0.4, 0.5) is 0 Å². The first-order valence-electron chi connectivity index (χ1n) is 6.33. The van der Waals surface area contributed by atoms with Crippen molar-refractivity contribution in [2.24, 2.45) is 0 Å². The van der Waals surface area contributed by atoms with Crippen LogP contribution >= 0.6 is 0 Å². The van der Waals surface area contributed by atoms with E-state index in [-0.39, 0.29) is 6.17 Å². The number of rotatable bonds is 4. The van der Waals surface area contributed by atoms with E-state index in [1.165, 1.54) is 0 Å². The van der Waals surface area contributed by atoms with Gasteiger partial charge in [-0.25, -0.2) is 0 Å². The molecule has 1 atom stereocenters. The lowest BCUT2D eigenvalue weighted by Gasteiger charge is -2.23. The van der Waals surface area contributed by atoms with Crippen molar-refractivity contribution in [3.8, 4) is 0 Å². The molecule has 1 aromatic heterocycles. The number of hydrogen-bond donors (Lipinski definition) is 0. The first kappa shape index (κ1) is 12.3. The summed E-state index contributed by atoms with van der Waals surface area (Å²) in [7, 11) is 1.72. The fourth-order valence-electron chi connectivity index (χ4n) is 2.20. The van der Waals surface area contributed by atoms with Gasteiger partial charge in [0.05, 0.1) is 0 Å². The molecule has 0 bridgehead atoms. The third kappa shape index (κ3) is 2.14. The number of carbonyl (C=O) groups excluding carboxylic acids is 1. The molecule has 5 heteroatoms. The van der Waals surface area contributed by atoms with Crippen molar-refractivity contribution in [3.05, 3.63) is 60.2 Å². The van der Waals surface area contributed by atoms with Crippen LogP contribution in [-0.4, -0.2) is 33.4 Å². The Hall–Kier alpha value is -2.69. The Kier molecular flexibility index (Phi) is 3.16. The molecule has 0 aliphatic heterocycles. The van der Waals surface area contributed by atoms with E-state index in [0.29, 0.717) is 0 Å². The topological polar surface area (TPSA) is 51.0 Å². The number of benzene rings is 2. The Bertz CT molecular complexity index is 690. The summed E-state index contributed by atoms with van der Waals surface area (Å²) in [6, 6.07) is 17.4. The predicted octanol–water partition coefficient (Wildman–Crippen LogP) is 2.07. The van der Waals surface area contributed by atoms with Crippen molar-refractivity contribution >= 4 is 17.4 Å². The predicted molar refractivity (Wildman–Crippen MR) is 75.9 cm³/mol. The van der Waals surface area contributed by atoms with Crippen LogP contribution in [0, 0.1) is 0 Å². The van der Waals surface area contributed by atoms with Crippen LogP contribution in [-0.2, 0) is 4.79 Å². The van der Waals surface area contributed by atoms with E-state index in [2.05, 4.69) is 10.2 Å². The molecule has 3 rings (SSSR count). The van der Waals surface area contributed by atoms with Crippen molar-refractivity contribution in [2.75, 3.05) is 7.05 Å². The minimum absolute atomic E-state index is 0.346. The number of aromatic nitrogens is 3. The van der Waals surface area contributed by atoms with E-state index >= 15 is 0 Å². The second-order valence-corrected chi connectivity index (χ2v) is 4.56. The van der Waals surface area contributed by atoms with Crippen molar-refractivity contribution in [1.82, 2.24) is 19.9 Å². The van der Waals surface area contributed by atoms with Gasteiger partial charge in [-0.2, -0.15) is 15.0 Å². The lowest BCUT2D eigenvalue weighted by Crippen LogP contribution is -2.30. The van der Waals surface area contributed by atoms with Crippen molar-refractivity contribution < 1.29 is 4.79 Å². The molecule has 0 fully saturated rings. The molecule has 0 aliphatic carbocycles. The molecule has 0 aliphatic rings. The molecule has 0 spiro atoms. The number of hydrogen-bond acceptors (Lipinski definition) is 3. The zero-order valence-corrected chi connectivity index (χ0v) is 11.0. The molecule has 0 saturated heterocycles. The summed E-state index contributed by atoms with van der Waals surface area (Å²) in [4.78, 5) is 14.3. The highest BCUT2D eigenvalue weighted by atomic mass is 16.1. The van der Waals surface area contributed by atoms with E-state index in [9.17, 15) is 4.79 Å².